The van der Waals surface area contributed by atoms with E-state index in [9.17, 15) is 4.79 Å². The summed E-state index contributed by atoms with van der Waals surface area (Å²) >= 11 is 0. The number of hydrogen-bond acceptors (Lipinski definition) is 3. The van der Waals surface area contributed by atoms with E-state index in [1.54, 1.807) is 6.92 Å². The first-order valence-corrected chi connectivity index (χ1v) is 8.13. The van der Waals surface area contributed by atoms with Crippen LogP contribution in [0.2, 0.25) is 0 Å². The molecule has 0 saturated carbocycles. The zero-order valence-corrected chi connectivity index (χ0v) is 14.1. The van der Waals surface area contributed by atoms with Crippen LogP contribution in [-0.4, -0.2) is 23.5 Å². The maximum Gasteiger partial charge on any atom is 0.129 e. The molecule has 120 valence electrons. The molecule has 1 saturated heterocycles. The zero-order chi connectivity index (χ0) is 15.9. The molecule has 1 aliphatic rings. The summed E-state index contributed by atoms with van der Waals surface area (Å²) in [5.41, 5.74) is 1.35. The molecule has 3 heteroatoms. The highest BCUT2D eigenvalue weighted by Crippen LogP contribution is 2.13. The van der Waals surface area contributed by atoms with Crippen molar-refractivity contribution in [2.24, 2.45) is 0 Å². The summed E-state index contributed by atoms with van der Waals surface area (Å²) in [7, 11) is 0. The molecule has 3 nitrogen and oxygen atoms in total. The van der Waals surface area contributed by atoms with Crippen LogP contribution in [0.5, 0.6) is 0 Å². The van der Waals surface area contributed by atoms with Crippen molar-refractivity contribution in [1.82, 2.24) is 4.98 Å². The molecule has 0 radical (unpaired) electrons. The number of rotatable bonds is 4. The molecule has 0 aliphatic carbocycles. The van der Waals surface area contributed by atoms with Gasteiger partial charge >= 0.3 is 0 Å². The number of ether oxygens (including phenoxy) is 1. The van der Waals surface area contributed by atoms with Gasteiger partial charge in [0.15, 0.2) is 0 Å². The van der Waals surface area contributed by atoms with Crippen LogP contribution >= 0.6 is 0 Å². The summed E-state index contributed by atoms with van der Waals surface area (Å²) in [5.74, 6) is 0.289. The van der Waals surface area contributed by atoms with Gasteiger partial charge in [-0.1, -0.05) is 20.8 Å². The largest absolute Gasteiger partial charge is 0.378 e. The average molecular weight is 293 g/mol. The molecule has 0 N–H and O–H groups in total. The minimum atomic E-state index is 0.289. The number of carbonyl (C=O) groups is 1. The Bertz CT molecular complexity index is 345. The highest BCUT2D eigenvalue weighted by atomic mass is 16.5. The average Bonchev–Trinajstić information content (AvgIpc) is 3.03. The van der Waals surface area contributed by atoms with E-state index in [0.717, 1.165) is 25.9 Å². The lowest BCUT2D eigenvalue weighted by Crippen LogP contribution is -2.00. The van der Waals surface area contributed by atoms with Crippen molar-refractivity contribution in [3.63, 3.8) is 0 Å². The van der Waals surface area contributed by atoms with Crippen LogP contribution < -0.4 is 0 Å². The molecule has 1 aromatic rings. The molecule has 1 aliphatic heterocycles. The number of ketones is 1. The van der Waals surface area contributed by atoms with Gasteiger partial charge in [-0.15, -0.1) is 0 Å². The van der Waals surface area contributed by atoms with Crippen molar-refractivity contribution in [2.45, 2.75) is 72.3 Å². The summed E-state index contributed by atoms with van der Waals surface area (Å²) in [6, 6.07) is 4.06. The molecule has 1 atom stereocenters. The molecule has 0 bridgehead atoms. The van der Waals surface area contributed by atoms with Gasteiger partial charge in [0.1, 0.15) is 5.78 Å². The fourth-order valence-electron chi connectivity index (χ4n) is 1.94. The number of nitrogens with zero attached hydrogens (tertiary/aromatic N) is 1. The van der Waals surface area contributed by atoms with E-state index in [1.807, 2.05) is 31.5 Å². The second kappa shape index (κ2) is 13.7. The van der Waals surface area contributed by atoms with Crippen LogP contribution in [0, 0.1) is 0 Å². The maximum absolute atomic E-state index is 10.0. The second-order valence-corrected chi connectivity index (χ2v) is 5.20. The van der Waals surface area contributed by atoms with E-state index in [0.29, 0.717) is 6.10 Å². The lowest BCUT2D eigenvalue weighted by atomic mass is 10.2. The monoisotopic (exact) mass is 293 g/mol. The second-order valence-electron chi connectivity index (χ2n) is 5.20. The Labute approximate surface area is 130 Å². The van der Waals surface area contributed by atoms with Gasteiger partial charge in [-0.25, -0.2) is 0 Å². The molecule has 0 aromatic carbocycles. The Morgan fingerprint density at radius 3 is 2.19 bits per heavy atom. The standard InChI is InChI=1S/C7H9N.C6H12O.C5H10O/c1-2-7-3-5-8-6-4-7;1-2-6-4-3-5-7-6;1-3-4-5(2)6/h3-6H,2H2,1H3;6H,2-5H2,1H3;3-4H2,1-2H3. The molecule has 2 heterocycles. The van der Waals surface area contributed by atoms with Gasteiger partial charge < -0.3 is 9.53 Å². The highest BCUT2D eigenvalue weighted by molar-refractivity contribution is 5.75. The Morgan fingerprint density at radius 1 is 1.29 bits per heavy atom. The van der Waals surface area contributed by atoms with Gasteiger partial charge in [-0.05, 0) is 56.7 Å². The number of hydrogen-bond donors (Lipinski definition) is 0. The summed E-state index contributed by atoms with van der Waals surface area (Å²) < 4.78 is 5.30. The molecule has 1 fully saturated rings. The Kier molecular flexibility index (Phi) is 13.0. The van der Waals surface area contributed by atoms with Crippen LogP contribution in [0.1, 0.15) is 65.4 Å². The van der Waals surface area contributed by atoms with Crippen LogP contribution in [-0.2, 0) is 16.0 Å². The summed E-state index contributed by atoms with van der Waals surface area (Å²) in [6.07, 6.45) is 10.8. The maximum atomic E-state index is 10.0. The van der Waals surface area contributed by atoms with E-state index in [1.165, 1.54) is 24.8 Å². The van der Waals surface area contributed by atoms with E-state index in [4.69, 9.17) is 4.74 Å². The Balaban J connectivity index is 0.000000290. The minimum absolute atomic E-state index is 0.289. The summed E-state index contributed by atoms with van der Waals surface area (Å²) in [4.78, 5) is 13.9. The van der Waals surface area contributed by atoms with E-state index < -0.39 is 0 Å². The predicted molar refractivity (Wildman–Crippen MR) is 88.5 cm³/mol. The molecular formula is C18H31NO2. The third kappa shape index (κ3) is 12.2. The van der Waals surface area contributed by atoms with Crippen LogP contribution in [0.25, 0.3) is 0 Å². The number of Topliss-reactive ketones (excluding diaryl/α,β-unsaturated/α-hetero) is 1. The normalized spacial score (nSPS) is 16.3. The Hall–Kier alpha value is -1.22. The zero-order valence-electron chi connectivity index (χ0n) is 14.1. The molecule has 0 spiro atoms. The van der Waals surface area contributed by atoms with Gasteiger partial charge in [0, 0.05) is 25.4 Å². The quantitative estimate of drug-likeness (QED) is 0.814. The molecule has 2 rings (SSSR count). The van der Waals surface area contributed by atoms with Gasteiger partial charge in [-0.2, -0.15) is 0 Å². The Morgan fingerprint density at radius 2 is 1.95 bits per heavy atom. The number of carbonyl (C=O) groups excluding carboxylic acids is 1. The highest BCUT2D eigenvalue weighted by Gasteiger charge is 2.11. The molecule has 1 unspecified atom stereocenters. The van der Waals surface area contributed by atoms with Crippen molar-refractivity contribution in [3.05, 3.63) is 30.1 Å². The van der Waals surface area contributed by atoms with Gasteiger partial charge in [0.05, 0.1) is 6.10 Å². The van der Waals surface area contributed by atoms with E-state index >= 15 is 0 Å². The van der Waals surface area contributed by atoms with Crippen molar-refractivity contribution in [1.29, 1.82) is 0 Å². The number of aromatic nitrogens is 1. The van der Waals surface area contributed by atoms with E-state index in [2.05, 4.69) is 18.8 Å². The smallest absolute Gasteiger partial charge is 0.129 e. The van der Waals surface area contributed by atoms with Crippen LogP contribution in [0.15, 0.2) is 24.5 Å². The summed E-state index contributed by atoms with van der Waals surface area (Å²) in [6.45, 7) is 8.93. The number of pyridine rings is 1. The van der Waals surface area contributed by atoms with Crippen molar-refractivity contribution in [2.75, 3.05) is 6.61 Å². The number of aryl methyl sites for hydroxylation is 1. The van der Waals surface area contributed by atoms with Crippen LogP contribution in [0.3, 0.4) is 0 Å². The first-order valence-electron chi connectivity index (χ1n) is 8.13. The summed E-state index contributed by atoms with van der Waals surface area (Å²) in [5, 5.41) is 0. The third-order valence-corrected chi connectivity index (χ3v) is 3.24. The fourth-order valence-corrected chi connectivity index (χ4v) is 1.94. The van der Waals surface area contributed by atoms with Gasteiger partial charge in [0.25, 0.3) is 0 Å². The van der Waals surface area contributed by atoms with Crippen molar-refractivity contribution in [3.8, 4) is 0 Å². The lowest BCUT2D eigenvalue weighted by Gasteiger charge is -2.01. The lowest BCUT2D eigenvalue weighted by molar-refractivity contribution is -0.117. The first kappa shape index (κ1) is 19.8. The molecule has 1 aromatic heterocycles. The molecule has 0 amide bonds. The SMILES string of the molecule is CCC1CCCO1.CCCC(C)=O.CCc1ccncc1. The minimum Gasteiger partial charge on any atom is -0.378 e. The van der Waals surface area contributed by atoms with Crippen molar-refractivity contribution >= 4 is 5.78 Å². The van der Waals surface area contributed by atoms with Gasteiger partial charge in [0.2, 0.25) is 0 Å². The van der Waals surface area contributed by atoms with Crippen molar-refractivity contribution < 1.29 is 9.53 Å². The third-order valence-electron chi connectivity index (χ3n) is 3.24. The predicted octanol–water partition coefficient (Wildman–Crippen LogP) is 4.59. The van der Waals surface area contributed by atoms with E-state index in [-0.39, 0.29) is 5.78 Å². The van der Waals surface area contributed by atoms with Crippen LogP contribution in [0.4, 0.5) is 0 Å². The first-order chi connectivity index (χ1) is 10.1. The molecular weight excluding hydrogens is 262 g/mol. The van der Waals surface area contributed by atoms with Gasteiger partial charge in [-0.3, -0.25) is 4.98 Å². The fraction of sp³-hybridized carbons (Fsp3) is 0.667. The topological polar surface area (TPSA) is 39.2 Å². The molecule has 21 heavy (non-hydrogen) atoms.